The van der Waals surface area contributed by atoms with Crippen molar-refractivity contribution in [1.82, 2.24) is 0 Å². The normalized spacial score (nSPS) is 15.3. The van der Waals surface area contributed by atoms with E-state index < -0.39 is 11.6 Å². The third kappa shape index (κ3) is 4.31. The smallest absolute Gasteiger partial charge is 0.302 e. The molecule has 72 valence electrons. The van der Waals surface area contributed by atoms with Crippen molar-refractivity contribution in [3.8, 4) is 0 Å². The van der Waals surface area contributed by atoms with Gasteiger partial charge in [0, 0.05) is 6.92 Å². The van der Waals surface area contributed by atoms with Gasteiger partial charge in [-0.05, 0) is 6.42 Å². The first-order chi connectivity index (χ1) is 5.54. The van der Waals surface area contributed by atoms with Crippen LogP contribution in [0, 0.1) is 0 Å². The molecule has 0 radical (unpaired) electrons. The average molecular weight is 176 g/mol. The SMILES string of the molecule is CCCC(O)(CO)COC(C)=O. The van der Waals surface area contributed by atoms with Gasteiger partial charge in [-0.2, -0.15) is 0 Å². The van der Waals surface area contributed by atoms with Crippen molar-refractivity contribution in [2.45, 2.75) is 32.3 Å². The molecule has 0 aromatic heterocycles. The number of hydrogen-bond acceptors (Lipinski definition) is 4. The highest BCUT2D eigenvalue weighted by molar-refractivity contribution is 5.65. The second kappa shape index (κ2) is 5.11. The van der Waals surface area contributed by atoms with Crippen LogP contribution in [0.4, 0.5) is 0 Å². The van der Waals surface area contributed by atoms with Crippen LogP contribution in [0.15, 0.2) is 0 Å². The van der Waals surface area contributed by atoms with Crippen LogP contribution < -0.4 is 0 Å². The van der Waals surface area contributed by atoms with Crippen molar-refractivity contribution < 1.29 is 19.7 Å². The minimum atomic E-state index is -1.26. The van der Waals surface area contributed by atoms with Gasteiger partial charge in [-0.3, -0.25) is 4.79 Å². The van der Waals surface area contributed by atoms with Gasteiger partial charge in [0.05, 0.1) is 6.61 Å². The Bertz CT molecular complexity index is 146. The van der Waals surface area contributed by atoms with Crippen LogP contribution in [0.5, 0.6) is 0 Å². The number of aliphatic hydroxyl groups excluding tert-OH is 1. The minimum Gasteiger partial charge on any atom is -0.463 e. The van der Waals surface area contributed by atoms with Crippen LogP contribution in [-0.4, -0.2) is 35.0 Å². The third-order valence-electron chi connectivity index (χ3n) is 1.55. The summed E-state index contributed by atoms with van der Waals surface area (Å²) in [6.07, 6.45) is 1.16. The maximum absolute atomic E-state index is 10.4. The molecule has 1 atom stereocenters. The monoisotopic (exact) mass is 176 g/mol. The topological polar surface area (TPSA) is 66.8 Å². The summed E-state index contributed by atoms with van der Waals surface area (Å²) in [5, 5.41) is 18.3. The van der Waals surface area contributed by atoms with Gasteiger partial charge in [-0.15, -0.1) is 0 Å². The Morgan fingerprint density at radius 2 is 2.17 bits per heavy atom. The molecule has 0 aliphatic rings. The molecule has 0 aromatic carbocycles. The molecule has 0 saturated heterocycles. The van der Waals surface area contributed by atoms with Crippen molar-refractivity contribution in [3.63, 3.8) is 0 Å². The van der Waals surface area contributed by atoms with Crippen LogP contribution in [0.3, 0.4) is 0 Å². The molecule has 0 fully saturated rings. The van der Waals surface area contributed by atoms with E-state index in [-0.39, 0.29) is 13.2 Å². The van der Waals surface area contributed by atoms with Crippen LogP contribution in [0.25, 0.3) is 0 Å². The Kier molecular flexibility index (Phi) is 4.85. The van der Waals surface area contributed by atoms with E-state index in [0.29, 0.717) is 6.42 Å². The number of carbonyl (C=O) groups is 1. The van der Waals surface area contributed by atoms with Gasteiger partial charge in [0.25, 0.3) is 0 Å². The number of esters is 1. The molecule has 0 aliphatic carbocycles. The van der Waals surface area contributed by atoms with Crippen molar-refractivity contribution in [1.29, 1.82) is 0 Å². The van der Waals surface area contributed by atoms with Crippen molar-refractivity contribution in [2.24, 2.45) is 0 Å². The second-order valence-corrected chi connectivity index (χ2v) is 2.91. The van der Waals surface area contributed by atoms with Crippen molar-refractivity contribution >= 4 is 5.97 Å². The number of ether oxygens (including phenoxy) is 1. The predicted molar refractivity (Wildman–Crippen MR) is 43.6 cm³/mol. The van der Waals surface area contributed by atoms with Gasteiger partial charge in [0.2, 0.25) is 0 Å². The standard InChI is InChI=1S/C8H16O4/c1-3-4-8(11,5-9)6-12-7(2)10/h9,11H,3-6H2,1-2H3. The summed E-state index contributed by atoms with van der Waals surface area (Å²) < 4.78 is 4.60. The fourth-order valence-electron chi connectivity index (χ4n) is 0.898. The van der Waals surface area contributed by atoms with Gasteiger partial charge >= 0.3 is 5.97 Å². The molecular weight excluding hydrogens is 160 g/mol. The highest BCUT2D eigenvalue weighted by Crippen LogP contribution is 2.12. The molecule has 0 amide bonds. The first-order valence-corrected chi connectivity index (χ1v) is 4.00. The Labute approximate surface area is 72.2 Å². The molecule has 0 saturated carbocycles. The van der Waals surface area contributed by atoms with E-state index in [1.807, 2.05) is 6.92 Å². The highest BCUT2D eigenvalue weighted by atomic mass is 16.5. The van der Waals surface area contributed by atoms with Crippen LogP contribution in [-0.2, 0) is 9.53 Å². The predicted octanol–water partition coefficient (Wildman–Crippen LogP) is 0.0730. The van der Waals surface area contributed by atoms with Crippen LogP contribution in [0.1, 0.15) is 26.7 Å². The summed E-state index contributed by atoms with van der Waals surface area (Å²) in [5.74, 6) is -0.446. The fourth-order valence-corrected chi connectivity index (χ4v) is 0.898. The largest absolute Gasteiger partial charge is 0.463 e. The van der Waals surface area contributed by atoms with Crippen LogP contribution in [0.2, 0.25) is 0 Å². The molecule has 0 bridgehead atoms. The fraction of sp³-hybridized carbons (Fsp3) is 0.875. The van der Waals surface area contributed by atoms with Crippen molar-refractivity contribution in [2.75, 3.05) is 13.2 Å². The minimum absolute atomic E-state index is 0.132. The zero-order valence-electron chi connectivity index (χ0n) is 7.54. The summed E-state index contributed by atoms with van der Waals surface area (Å²) >= 11 is 0. The average Bonchev–Trinajstić information content (AvgIpc) is 2.02. The van der Waals surface area contributed by atoms with E-state index in [0.717, 1.165) is 6.42 Å². The molecule has 0 aromatic rings. The summed E-state index contributed by atoms with van der Waals surface area (Å²) in [6, 6.07) is 0. The summed E-state index contributed by atoms with van der Waals surface area (Å²) in [5.41, 5.74) is -1.26. The van der Waals surface area contributed by atoms with E-state index in [2.05, 4.69) is 4.74 Å². The quantitative estimate of drug-likeness (QED) is 0.582. The molecule has 4 heteroatoms. The van der Waals surface area contributed by atoms with E-state index in [4.69, 9.17) is 5.11 Å². The molecule has 4 nitrogen and oxygen atoms in total. The molecule has 2 N–H and O–H groups in total. The highest BCUT2D eigenvalue weighted by Gasteiger charge is 2.26. The Hall–Kier alpha value is -0.610. The lowest BCUT2D eigenvalue weighted by Gasteiger charge is -2.24. The number of carbonyl (C=O) groups excluding carboxylic acids is 1. The summed E-state index contributed by atoms with van der Waals surface area (Å²) in [7, 11) is 0. The molecule has 12 heavy (non-hydrogen) atoms. The van der Waals surface area contributed by atoms with E-state index in [1.165, 1.54) is 6.92 Å². The molecule has 0 heterocycles. The first kappa shape index (κ1) is 11.4. The Balaban J connectivity index is 3.86. The zero-order chi connectivity index (χ0) is 9.61. The zero-order valence-corrected chi connectivity index (χ0v) is 7.54. The summed E-state index contributed by atoms with van der Waals surface area (Å²) in [6.45, 7) is 2.64. The molecule has 0 aliphatic heterocycles. The first-order valence-electron chi connectivity index (χ1n) is 4.00. The lowest BCUT2D eigenvalue weighted by Crippen LogP contribution is -2.39. The second-order valence-electron chi connectivity index (χ2n) is 2.91. The van der Waals surface area contributed by atoms with Crippen molar-refractivity contribution in [3.05, 3.63) is 0 Å². The summed E-state index contributed by atoms with van der Waals surface area (Å²) in [4.78, 5) is 10.4. The molecule has 0 rings (SSSR count). The van der Waals surface area contributed by atoms with Gasteiger partial charge in [-0.1, -0.05) is 13.3 Å². The number of rotatable bonds is 5. The van der Waals surface area contributed by atoms with Gasteiger partial charge < -0.3 is 14.9 Å². The van der Waals surface area contributed by atoms with Gasteiger partial charge in [0.15, 0.2) is 0 Å². The van der Waals surface area contributed by atoms with Gasteiger partial charge in [0.1, 0.15) is 12.2 Å². The molecular formula is C8H16O4. The third-order valence-corrected chi connectivity index (χ3v) is 1.55. The van der Waals surface area contributed by atoms with E-state index in [9.17, 15) is 9.90 Å². The maximum Gasteiger partial charge on any atom is 0.302 e. The van der Waals surface area contributed by atoms with E-state index in [1.54, 1.807) is 0 Å². The Morgan fingerprint density at radius 1 is 1.58 bits per heavy atom. The lowest BCUT2D eigenvalue weighted by molar-refractivity contribution is -0.152. The number of aliphatic hydroxyl groups is 2. The van der Waals surface area contributed by atoms with Crippen LogP contribution >= 0.6 is 0 Å². The maximum atomic E-state index is 10.4. The van der Waals surface area contributed by atoms with Gasteiger partial charge in [-0.25, -0.2) is 0 Å². The lowest BCUT2D eigenvalue weighted by atomic mass is 10.0. The Morgan fingerprint density at radius 3 is 2.50 bits per heavy atom. The molecule has 1 unspecified atom stereocenters. The molecule has 0 spiro atoms. The van der Waals surface area contributed by atoms with E-state index >= 15 is 0 Å². The number of hydrogen-bond donors (Lipinski definition) is 2.